The highest BCUT2D eigenvalue weighted by Gasteiger charge is 2.26. The minimum Gasteiger partial charge on any atom is -0.493 e. The van der Waals surface area contributed by atoms with Gasteiger partial charge in [0.15, 0.2) is 0 Å². The Bertz CT molecular complexity index is 598. The molecular formula is C18H23N3O2. The van der Waals surface area contributed by atoms with E-state index in [0.29, 0.717) is 13.0 Å². The second kappa shape index (κ2) is 7.81. The number of carbonyl (C=O) groups is 1. The Morgan fingerprint density at radius 1 is 1.22 bits per heavy atom. The Labute approximate surface area is 136 Å². The summed E-state index contributed by atoms with van der Waals surface area (Å²) in [4.78, 5) is 14.6. The summed E-state index contributed by atoms with van der Waals surface area (Å²) in [7, 11) is 0. The molecule has 1 atom stereocenters. The first-order valence-corrected chi connectivity index (χ1v) is 8.27. The summed E-state index contributed by atoms with van der Waals surface area (Å²) in [5.41, 5.74) is 0. The lowest BCUT2D eigenvalue weighted by Crippen LogP contribution is -2.46. The van der Waals surface area contributed by atoms with Gasteiger partial charge < -0.3 is 9.64 Å². The highest BCUT2D eigenvalue weighted by Crippen LogP contribution is 2.19. The Morgan fingerprint density at radius 3 is 2.87 bits per heavy atom. The summed E-state index contributed by atoms with van der Waals surface area (Å²) in [5.74, 6) is 0.991. The van der Waals surface area contributed by atoms with Gasteiger partial charge in [-0.3, -0.25) is 9.48 Å². The predicted molar refractivity (Wildman–Crippen MR) is 88.1 cm³/mol. The van der Waals surface area contributed by atoms with Crippen LogP contribution in [0.25, 0.3) is 0 Å². The van der Waals surface area contributed by atoms with Crippen LogP contribution in [0.4, 0.5) is 0 Å². The summed E-state index contributed by atoms with van der Waals surface area (Å²) in [5, 5.41) is 4.26. The minimum atomic E-state index is 0.179. The van der Waals surface area contributed by atoms with Gasteiger partial charge in [0.25, 0.3) is 0 Å². The maximum atomic E-state index is 12.5. The molecule has 2 aromatic rings. The monoisotopic (exact) mass is 313 g/mol. The molecule has 1 fully saturated rings. The number of carbonyl (C=O) groups excluding carboxylic acids is 1. The van der Waals surface area contributed by atoms with Gasteiger partial charge in [-0.2, -0.15) is 5.10 Å². The Kier molecular flexibility index (Phi) is 5.29. The number of para-hydroxylation sites is 1. The molecule has 0 saturated carbocycles. The maximum Gasteiger partial charge on any atom is 0.226 e. The number of amides is 1. The molecule has 0 spiro atoms. The third-order valence-corrected chi connectivity index (χ3v) is 4.23. The van der Waals surface area contributed by atoms with Crippen molar-refractivity contribution in [2.75, 3.05) is 13.2 Å². The first-order valence-electron chi connectivity index (χ1n) is 8.27. The summed E-state index contributed by atoms with van der Waals surface area (Å²) < 4.78 is 7.56. The fourth-order valence-corrected chi connectivity index (χ4v) is 3.06. The molecule has 1 aromatic carbocycles. The number of hydrogen-bond donors (Lipinski definition) is 0. The molecule has 5 nitrogen and oxygen atoms in total. The van der Waals surface area contributed by atoms with Crippen LogP contribution in [0, 0.1) is 0 Å². The smallest absolute Gasteiger partial charge is 0.226 e. The van der Waals surface area contributed by atoms with Crippen LogP contribution in [0.15, 0.2) is 48.8 Å². The zero-order valence-electron chi connectivity index (χ0n) is 13.3. The number of hydrogen-bond acceptors (Lipinski definition) is 3. The number of benzene rings is 1. The Morgan fingerprint density at radius 2 is 2.09 bits per heavy atom. The van der Waals surface area contributed by atoms with Crippen LogP contribution >= 0.6 is 0 Å². The molecule has 23 heavy (non-hydrogen) atoms. The van der Waals surface area contributed by atoms with Gasteiger partial charge in [-0.1, -0.05) is 18.2 Å². The van der Waals surface area contributed by atoms with Crippen LogP contribution in [-0.4, -0.2) is 39.8 Å². The van der Waals surface area contributed by atoms with Crippen LogP contribution in [0.2, 0.25) is 0 Å². The highest BCUT2D eigenvalue weighted by atomic mass is 16.5. The van der Waals surface area contributed by atoms with E-state index in [9.17, 15) is 4.79 Å². The van der Waals surface area contributed by atoms with Gasteiger partial charge >= 0.3 is 0 Å². The van der Waals surface area contributed by atoms with Crippen LogP contribution < -0.4 is 4.74 Å². The normalized spacial score (nSPS) is 17.9. The van der Waals surface area contributed by atoms with E-state index >= 15 is 0 Å². The SMILES string of the molecule is O=C(CCOc1ccccc1)N1CCCC[C@@H]1Cn1cccn1. The second-order valence-corrected chi connectivity index (χ2v) is 5.88. The number of piperidine rings is 1. The quantitative estimate of drug-likeness (QED) is 0.824. The third-order valence-electron chi connectivity index (χ3n) is 4.23. The molecule has 0 radical (unpaired) electrons. The van der Waals surface area contributed by atoms with Gasteiger partial charge in [-0.15, -0.1) is 0 Å². The summed E-state index contributed by atoms with van der Waals surface area (Å²) in [6, 6.07) is 11.8. The van der Waals surface area contributed by atoms with Crippen LogP contribution in [0.3, 0.4) is 0 Å². The number of nitrogens with zero attached hydrogens (tertiary/aromatic N) is 3. The lowest BCUT2D eigenvalue weighted by molar-refractivity contribution is -0.135. The first-order chi connectivity index (χ1) is 11.3. The number of likely N-dealkylation sites (tertiary alicyclic amines) is 1. The molecular weight excluding hydrogens is 290 g/mol. The number of ether oxygens (including phenoxy) is 1. The second-order valence-electron chi connectivity index (χ2n) is 5.88. The lowest BCUT2D eigenvalue weighted by Gasteiger charge is -2.35. The summed E-state index contributed by atoms with van der Waals surface area (Å²) >= 11 is 0. The topological polar surface area (TPSA) is 47.4 Å². The Hall–Kier alpha value is -2.30. The van der Waals surface area contributed by atoms with Crippen molar-refractivity contribution < 1.29 is 9.53 Å². The maximum absolute atomic E-state index is 12.5. The average Bonchev–Trinajstić information content (AvgIpc) is 3.09. The third kappa shape index (κ3) is 4.34. The lowest BCUT2D eigenvalue weighted by atomic mass is 10.0. The molecule has 1 amide bonds. The van der Waals surface area contributed by atoms with Gasteiger partial charge in [0.05, 0.1) is 25.6 Å². The zero-order chi connectivity index (χ0) is 15.9. The molecule has 1 aliphatic heterocycles. The van der Waals surface area contributed by atoms with Crippen molar-refractivity contribution in [3.05, 3.63) is 48.8 Å². The van der Waals surface area contributed by atoms with Gasteiger partial charge in [0.2, 0.25) is 5.91 Å². The zero-order valence-corrected chi connectivity index (χ0v) is 13.3. The van der Waals surface area contributed by atoms with E-state index in [-0.39, 0.29) is 11.9 Å². The highest BCUT2D eigenvalue weighted by molar-refractivity contribution is 5.76. The number of aromatic nitrogens is 2. The summed E-state index contributed by atoms with van der Waals surface area (Å²) in [6.07, 6.45) is 7.46. The van der Waals surface area contributed by atoms with E-state index in [0.717, 1.165) is 31.7 Å². The number of rotatable bonds is 6. The van der Waals surface area contributed by atoms with E-state index < -0.39 is 0 Å². The Balaban J connectivity index is 1.51. The van der Waals surface area contributed by atoms with Crippen molar-refractivity contribution in [3.63, 3.8) is 0 Å². The van der Waals surface area contributed by atoms with E-state index in [1.165, 1.54) is 6.42 Å². The molecule has 1 saturated heterocycles. The van der Waals surface area contributed by atoms with Crippen molar-refractivity contribution in [2.45, 2.75) is 38.3 Å². The first kappa shape index (κ1) is 15.6. The minimum absolute atomic E-state index is 0.179. The molecule has 1 aromatic heterocycles. The van der Waals surface area contributed by atoms with Crippen molar-refractivity contribution in [3.8, 4) is 5.75 Å². The molecule has 0 aliphatic carbocycles. The molecule has 0 unspecified atom stereocenters. The van der Waals surface area contributed by atoms with E-state index in [1.54, 1.807) is 6.20 Å². The van der Waals surface area contributed by atoms with E-state index in [1.807, 2.05) is 52.2 Å². The summed E-state index contributed by atoms with van der Waals surface area (Å²) in [6.45, 7) is 2.04. The van der Waals surface area contributed by atoms with Gasteiger partial charge in [-0.25, -0.2) is 0 Å². The average molecular weight is 313 g/mol. The molecule has 0 bridgehead atoms. The fraction of sp³-hybridized carbons (Fsp3) is 0.444. The van der Waals surface area contributed by atoms with Crippen molar-refractivity contribution in [2.24, 2.45) is 0 Å². The van der Waals surface area contributed by atoms with Gasteiger partial charge in [0, 0.05) is 18.9 Å². The van der Waals surface area contributed by atoms with Crippen LogP contribution in [0.5, 0.6) is 5.75 Å². The van der Waals surface area contributed by atoms with Crippen molar-refractivity contribution in [1.82, 2.24) is 14.7 Å². The molecule has 1 aliphatic rings. The van der Waals surface area contributed by atoms with E-state index in [2.05, 4.69) is 5.10 Å². The standard InChI is InChI=1S/C18H23N3O2/c22-18(10-14-23-17-8-2-1-3-9-17)21-13-5-4-7-16(21)15-20-12-6-11-19-20/h1-3,6,8-9,11-12,16H,4-5,7,10,13-15H2/t16-/m1/s1. The molecule has 3 rings (SSSR count). The molecule has 0 N–H and O–H groups in total. The van der Waals surface area contributed by atoms with E-state index in [4.69, 9.17) is 4.74 Å². The molecule has 2 heterocycles. The fourth-order valence-electron chi connectivity index (χ4n) is 3.06. The van der Waals surface area contributed by atoms with Gasteiger partial charge in [-0.05, 0) is 37.5 Å². The van der Waals surface area contributed by atoms with Gasteiger partial charge in [0.1, 0.15) is 5.75 Å². The van der Waals surface area contributed by atoms with Crippen LogP contribution in [0.1, 0.15) is 25.7 Å². The van der Waals surface area contributed by atoms with Crippen molar-refractivity contribution in [1.29, 1.82) is 0 Å². The molecule has 122 valence electrons. The molecule has 5 heteroatoms. The van der Waals surface area contributed by atoms with Crippen LogP contribution in [-0.2, 0) is 11.3 Å². The largest absolute Gasteiger partial charge is 0.493 e. The van der Waals surface area contributed by atoms with Crippen molar-refractivity contribution >= 4 is 5.91 Å². The predicted octanol–water partition coefficient (Wildman–Crippen LogP) is 2.73.